The lowest BCUT2D eigenvalue weighted by atomic mass is 10.0. The summed E-state index contributed by atoms with van der Waals surface area (Å²) in [6.07, 6.45) is 5.06. The average Bonchev–Trinajstić information content (AvgIpc) is 2.95. The molecule has 0 bridgehead atoms. The molecule has 0 aliphatic carbocycles. The number of hydrogen-bond acceptors (Lipinski definition) is 6. The van der Waals surface area contributed by atoms with E-state index in [4.69, 9.17) is 17.0 Å². The highest BCUT2D eigenvalue weighted by atomic mass is 32.1. The fourth-order valence-electron chi connectivity index (χ4n) is 3.19. The molecule has 130 valence electrons. The molecule has 1 aromatic carbocycles. The highest BCUT2D eigenvalue weighted by Crippen LogP contribution is 2.28. The summed E-state index contributed by atoms with van der Waals surface area (Å²) in [6, 6.07) is 8.48. The van der Waals surface area contributed by atoms with Crippen LogP contribution >= 0.6 is 23.6 Å². The number of nitrogens with zero attached hydrogens (tertiary/aromatic N) is 3. The van der Waals surface area contributed by atoms with E-state index in [-0.39, 0.29) is 0 Å². The first-order valence-corrected chi connectivity index (χ1v) is 9.65. The quantitative estimate of drug-likeness (QED) is 0.756. The summed E-state index contributed by atoms with van der Waals surface area (Å²) >= 11 is 7.01. The van der Waals surface area contributed by atoms with E-state index in [0.717, 1.165) is 33.7 Å². The number of hydrogen-bond donors (Lipinski definition) is 1. The van der Waals surface area contributed by atoms with Crippen LogP contribution in [0.4, 0.5) is 10.8 Å². The van der Waals surface area contributed by atoms with Crippen LogP contribution in [0.25, 0.3) is 0 Å². The third kappa shape index (κ3) is 3.96. The Hall–Kier alpha value is -1.44. The second-order valence-corrected chi connectivity index (χ2v) is 7.63. The van der Waals surface area contributed by atoms with Gasteiger partial charge in [-0.1, -0.05) is 36.8 Å². The predicted octanol–water partition coefficient (Wildman–Crippen LogP) is 4.65. The van der Waals surface area contributed by atoms with Crippen molar-refractivity contribution in [1.29, 1.82) is 0 Å². The van der Waals surface area contributed by atoms with Crippen LogP contribution in [-0.2, 0) is 6.67 Å². The first-order valence-electron chi connectivity index (χ1n) is 8.43. The van der Waals surface area contributed by atoms with Crippen LogP contribution in [0, 0.1) is 3.95 Å². The van der Waals surface area contributed by atoms with Crippen molar-refractivity contribution < 1.29 is 4.74 Å². The van der Waals surface area contributed by atoms with E-state index in [1.807, 2.05) is 28.9 Å². The van der Waals surface area contributed by atoms with Crippen molar-refractivity contribution in [2.75, 3.05) is 19.0 Å². The molecule has 2 aromatic rings. The fourth-order valence-corrected chi connectivity index (χ4v) is 4.19. The Kier molecular flexibility index (Phi) is 5.86. The lowest BCUT2D eigenvalue weighted by Gasteiger charge is -2.34. The molecule has 0 radical (unpaired) electrons. The van der Waals surface area contributed by atoms with Crippen LogP contribution in [-0.4, -0.2) is 34.4 Å². The first kappa shape index (κ1) is 17.4. The van der Waals surface area contributed by atoms with Gasteiger partial charge in [-0.25, -0.2) is 4.68 Å². The zero-order chi connectivity index (χ0) is 16.9. The largest absolute Gasteiger partial charge is 0.495 e. The van der Waals surface area contributed by atoms with Crippen LogP contribution in [0.5, 0.6) is 5.75 Å². The van der Waals surface area contributed by atoms with E-state index in [1.165, 1.54) is 37.0 Å². The predicted molar refractivity (Wildman–Crippen MR) is 102 cm³/mol. The van der Waals surface area contributed by atoms with Gasteiger partial charge >= 0.3 is 0 Å². The van der Waals surface area contributed by atoms with Gasteiger partial charge in [-0.05, 0) is 43.6 Å². The normalized spacial score (nSPS) is 18.5. The summed E-state index contributed by atoms with van der Waals surface area (Å²) in [4.78, 5) is 2.51. The second kappa shape index (κ2) is 8.09. The summed E-state index contributed by atoms with van der Waals surface area (Å²) in [5.74, 6) is 0.798. The SMILES string of the molecule is CC[C@@H]1CCCCN1Cn1nc(Nc2ccccc2OC)sc1=S. The zero-order valence-electron chi connectivity index (χ0n) is 14.2. The molecule has 7 heteroatoms. The lowest BCUT2D eigenvalue weighted by molar-refractivity contribution is 0.101. The second-order valence-electron chi connectivity index (χ2n) is 6.01. The third-order valence-corrected chi connectivity index (χ3v) is 5.71. The highest BCUT2D eigenvalue weighted by Gasteiger charge is 2.21. The number of para-hydroxylation sites is 2. The molecule has 2 heterocycles. The van der Waals surface area contributed by atoms with Gasteiger partial charge in [0, 0.05) is 12.6 Å². The minimum absolute atomic E-state index is 0.646. The number of aromatic nitrogens is 2. The van der Waals surface area contributed by atoms with Gasteiger partial charge in [0.25, 0.3) is 0 Å². The van der Waals surface area contributed by atoms with Crippen molar-refractivity contribution in [1.82, 2.24) is 14.7 Å². The number of nitrogens with one attached hydrogen (secondary N) is 1. The molecule has 1 atom stereocenters. The number of benzene rings is 1. The van der Waals surface area contributed by atoms with Crippen LogP contribution in [0.1, 0.15) is 32.6 Å². The van der Waals surface area contributed by atoms with Crippen LogP contribution in [0.2, 0.25) is 0 Å². The van der Waals surface area contributed by atoms with E-state index in [2.05, 4.69) is 22.2 Å². The number of piperidine rings is 1. The van der Waals surface area contributed by atoms with Gasteiger partial charge in [-0.2, -0.15) is 0 Å². The summed E-state index contributed by atoms with van der Waals surface area (Å²) in [7, 11) is 1.67. The van der Waals surface area contributed by atoms with E-state index < -0.39 is 0 Å². The van der Waals surface area contributed by atoms with Crippen molar-refractivity contribution >= 4 is 34.4 Å². The van der Waals surface area contributed by atoms with Gasteiger partial charge in [0.05, 0.1) is 19.5 Å². The van der Waals surface area contributed by atoms with E-state index >= 15 is 0 Å². The smallest absolute Gasteiger partial charge is 0.209 e. The number of likely N-dealkylation sites (tertiary alicyclic amines) is 1. The topological polar surface area (TPSA) is 42.3 Å². The van der Waals surface area contributed by atoms with Gasteiger partial charge in [0.15, 0.2) is 3.95 Å². The van der Waals surface area contributed by atoms with Gasteiger partial charge in [0.1, 0.15) is 5.75 Å². The average molecular weight is 365 g/mol. The molecule has 24 heavy (non-hydrogen) atoms. The molecule has 1 fully saturated rings. The molecule has 0 unspecified atom stereocenters. The summed E-state index contributed by atoms with van der Waals surface area (Å²) in [6.45, 7) is 4.17. The summed E-state index contributed by atoms with van der Waals surface area (Å²) in [5.41, 5.74) is 0.903. The first-order chi connectivity index (χ1) is 11.7. The van der Waals surface area contributed by atoms with Crippen molar-refractivity contribution in [3.8, 4) is 5.75 Å². The van der Waals surface area contributed by atoms with Gasteiger partial charge in [-0.15, -0.1) is 5.10 Å². The van der Waals surface area contributed by atoms with Crippen LogP contribution in [0.3, 0.4) is 0 Å². The van der Waals surface area contributed by atoms with Gasteiger partial charge in [-0.3, -0.25) is 4.90 Å². The summed E-state index contributed by atoms with van der Waals surface area (Å²) in [5, 5.41) is 8.79. The molecule has 5 nitrogen and oxygen atoms in total. The van der Waals surface area contributed by atoms with Crippen molar-refractivity contribution in [3.63, 3.8) is 0 Å². The van der Waals surface area contributed by atoms with E-state index in [0.29, 0.717) is 6.04 Å². The standard InChI is InChI=1S/C17H24N4OS2/c1-3-13-8-6-7-11-20(13)12-21-17(23)24-16(19-21)18-14-9-4-5-10-15(14)22-2/h4-5,9-10,13H,3,6-8,11-12H2,1-2H3,(H,18,19)/t13-/m1/s1. The molecule has 1 saturated heterocycles. The van der Waals surface area contributed by atoms with Crippen molar-refractivity contribution in [2.24, 2.45) is 0 Å². The molecule has 1 aliphatic rings. The zero-order valence-corrected chi connectivity index (χ0v) is 15.8. The number of ether oxygens (including phenoxy) is 1. The van der Waals surface area contributed by atoms with Crippen molar-refractivity contribution in [3.05, 3.63) is 28.2 Å². The maximum absolute atomic E-state index is 5.51. The molecular weight excluding hydrogens is 340 g/mol. The van der Waals surface area contributed by atoms with Crippen molar-refractivity contribution in [2.45, 2.75) is 45.3 Å². The monoisotopic (exact) mass is 364 g/mol. The van der Waals surface area contributed by atoms with Gasteiger partial charge in [0.2, 0.25) is 5.13 Å². The van der Waals surface area contributed by atoms with E-state index in [9.17, 15) is 0 Å². The Labute approximate surface area is 152 Å². The Morgan fingerprint density at radius 3 is 3.00 bits per heavy atom. The maximum atomic E-state index is 5.51. The highest BCUT2D eigenvalue weighted by molar-refractivity contribution is 7.73. The van der Waals surface area contributed by atoms with E-state index in [1.54, 1.807) is 7.11 Å². The maximum Gasteiger partial charge on any atom is 0.209 e. The molecule has 0 spiro atoms. The Bertz CT molecular complexity index is 727. The minimum Gasteiger partial charge on any atom is -0.495 e. The molecule has 1 N–H and O–H groups in total. The summed E-state index contributed by atoms with van der Waals surface area (Å²) < 4.78 is 8.11. The van der Waals surface area contributed by atoms with Crippen LogP contribution in [0.15, 0.2) is 24.3 Å². The Balaban J connectivity index is 1.74. The number of anilines is 2. The number of rotatable bonds is 6. The Morgan fingerprint density at radius 2 is 2.21 bits per heavy atom. The molecule has 3 rings (SSSR count). The molecule has 1 aliphatic heterocycles. The molecule has 1 aromatic heterocycles. The molecule has 0 saturated carbocycles. The Morgan fingerprint density at radius 1 is 1.38 bits per heavy atom. The fraction of sp³-hybridized carbons (Fsp3) is 0.529. The van der Waals surface area contributed by atoms with Gasteiger partial charge < -0.3 is 10.1 Å². The molecular formula is C17H24N4OS2. The molecule has 0 amide bonds. The third-order valence-electron chi connectivity index (χ3n) is 4.49. The van der Waals surface area contributed by atoms with Crippen LogP contribution < -0.4 is 10.1 Å². The minimum atomic E-state index is 0.646. The lowest BCUT2D eigenvalue weighted by Crippen LogP contribution is -2.40. The number of methoxy groups -OCH3 is 1.